The van der Waals surface area contributed by atoms with Crippen LogP contribution in [-0.2, 0) is 0 Å². The van der Waals surface area contributed by atoms with Crippen molar-refractivity contribution >= 4 is 15.9 Å². The molecule has 0 fully saturated rings. The molecule has 0 aliphatic carbocycles. The van der Waals surface area contributed by atoms with E-state index in [1.165, 1.54) is 0 Å². The summed E-state index contributed by atoms with van der Waals surface area (Å²) in [6.07, 6.45) is 0.372. The molecule has 1 N–H and O–H groups in total. The van der Waals surface area contributed by atoms with Gasteiger partial charge in [-0.25, -0.2) is 0 Å². The Morgan fingerprint density at radius 1 is 1.86 bits per heavy atom. The van der Waals surface area contributed by atoms with Crippen LogP contribution in [-0.4, -0.2) is 16.5 Å². The van der Waals surface area contributed by atoms with Crippen LogP contribution in [0.15, 0.2) is 0 Å². The third kappa shape index (κ3) is 3.77. The van der Waals surface area contributed by atoms with E-state index in [0.717, 1.165) is 0 Å². The van der Waals surface area contributed by atoms with Gasteiger partial charge in [-0.05, 0) is 0 Å². The van der Waals surface area contributed by atoms with E-state index in [9.17, 15) is 0 Å². The number of nitriles is 1. The summed E-state index contributed by atoms with van der Waals surface area (Å²) in [4.78, 5) is -0.0440. The molecule has 3 heteroatoms. The predicted octanol–water partition coefficient (Wildman–Crippen LogP) is 0.656. The molecule has 0 aliphatic heterocycles. The highest BCUT2D eigenvalue weighted by Crippen LogP contribution is 2.00. The molecular formula is C4H6BrNO. The summed E-state index contributed by atoms with van der Waals surface area (Å²) < 4.78 is 0. The number of hydrogen-bond donors (Lipinski definition) is 1. The van der Waals surface area contributed by atoms with Crippen molar-refractivity contribution in [2.45, 2.75) is 11.2 Å². The van der Waals surface area contributed by atoms with Crippen molar-refractivity contribution in [3.63, 3.8) is 0 Å². The Morgan fingerprint density at radius 3 is 2.57 bits per heavy atom. The summed E-state index contributed by atoms with van der Waals surface area (Å²) in [6, 6.07) is 1.91. The van der Waals surface area contributed by atoms with E-state index in [2.05, 4.69) is 15.9 Å². The third-order valence-electron chi connectivity index (χ3n) is 0.511. The van der Waals surface area contributed by atoms with E-state index >= 15 is 0 Å². The monoisotopic (exact) mass is 163 g/mol. The molecule has 0 aromatic heterocycles. The van der Waals surface area contributed by atoms with Gasteiger partial charge in [0.1, 0.15) is 0 Å². The lowest BCUT2D eigenvalue weighted by atomic mass is 10.3. The van der Waals surface area contributed by atoms with Gasteiger partial charge in [0, 0.05) is 6.42 Å². The first-order valence-corrected chi connectivity index (χ1v) is 2.84. The Balaban J connectivity index is 3.03. The number of aliphatic hydroxyl groups is 1. The van der Waals surface area contributed by atoms with Crippen LogP contribution in [0, 0.1) is 11.3 Å². The fraction of sp³-hybridized carbons (Fsp3) is 0.750. The topological polar surface area (TPSA) is 44.0 Å². The second kappa shape index (κ2) is 4.10. The normalized spacial score (nSPS) is 12.7. The van der Waals surface area contributed by atoms with Crippen LogP contribution in [0.2, 0.25) is 0 Å². The second-order valence-corrected chi connectivity index (χ2v) is 2.44. The Kier molecular flexibility index (Phi) is 4.06. The van der Waals surface area contributed by atoms with Crippen molar-refractivity contribution in [3.05, 3.63) is 0 Å². The van der Waals surface area contributed by atoms with Gasteiger partial charge < -0.3 is 5.11 Å². The van der Waals surface area contributed by atoms with Crippen molar-refractivity contribution in [3.8, 4) is 6.07 Å². The summed E-state index contributed by atoms with van der Waals surface area (Å²) in [5.74, 6) is 0. The standard InChI is InChI=1S/C4H6BrNO/c5-4(3-7)1-2-6/h4,7H,1,3H2. The fourth-order valence-electron chi connectivity index (χ4n) is 0.164. The first kappa shape index (κ1) is 6.93. The Labute approximate surface area is 50.9 Å². The van der Waals surface area contributed by atoms with Gasteiger partial charge in [0.05, 0.1) is 17.5 Å². The maximum absolute atomic E-state index is 8.27. The smallest absolute Gasteiger partial charge is 0.0634 e. The highest BCUT2D eigenvalue weighted by Gasteiger charge is 1.96. The minimum absolute atomic E-state index is 0.0353. The second-order valence-electron chi connectivity index (χ2n) is 1.14. The Morgan fingerprint density at radius 2 is 2.43 bits per heavy atom. The molecule has 2 nitrogen and oxygen atoms in total. The highest BCUT2D eigenvalue weighted by atomic mass is 79.9. The Bertz CT molecular complexity index is 78.2. The number of halogens is 1. The summed E-state index contributed by atoms with van der Waals surface area (Å²) in [6.45, 7) is 0.0353. The van der Waals surface area contributed by atoms with Gasteiger partial charge in [0.15, 0.2) is 0 Å². The van der Waals surface area contributed by atoms with Crippen LogP contribution in [0.3, 0.4) is 0 Å². The zero-order chi connectivity index (χ0) is 5.70. The van der Waals surface area contributed by atoms with Gasteiger partial charge in [0.25, 0.3) is 0 Å². The summed E-state index contributed by atoms with van der Waals surface area (Å²) in [5.41, 5.74) is 0. The lowest BCUT2D eigenvalue weighted by Crippen LogP contribution is -2.00. The van der Waals surface area contributed by atoms with Crippen LogP contribution in [0.4, 0.5) is 0 Å². The lowest BCUT2D eigenvalue weighted by Gasteiger charge is -1.93. The van der Waals surface area contributed by atoms with Crippen molar-refractivity contribution in [1.29, 1.82) is 5.26 Å². The number of nitrogens with zero attached hydrogens (tertiary/aromatic N) is 1. The maximum Gasteiger partial charge on any atom is 0.0634 e. The van der Waals surface area contributed by atoms with Crippen LogP contribution in [0.25, 0.3) is 0 Å². The quantitative estimate of drug-likeness (QED) is 0.609. The number of hydrogen-bond acceptors (Lipinski definition) is 2. The molecular weight excluding hydrogens is 158 g/mol. The molecule has 0 aromatic carbocycles. The van der Waals surface area contributed by atoms with Crippen LogP contribution in [0.5, 0.6) is 0 Å². The van der Waals surface area contributed by atoms with Crippen LogP contribution in [0.1, 0.15) is 6.42 Å². The van der Waals surface area contributed by atoms with Crippen molar-refractivity contribution in [2.75, 3.05) is 6.61 Å². The first-order chi connectivity index (χ1) is 3.31. The number of rotatable bonds is 2. The van der Waals surface area contributed by atoms with Crippen LogP contribution >= 0.6 is 15.9 Å². The average molecular weight is 164 g/mol. The van der Waals surface area contributed by atoms with Crippen molar-refractivity contribution in [2.24, 2.45) is 0 Å². The number of aliphatic hydroxyl groups excluding tert-OH is 1. The predicted molar refractivity (Wildman–Crippen MR) is 30.0 cm³/mol. The maximum atomic E-state index is 8.27. The highest BCUT2D eigenvalue weighted by molar-refractivity contribution is 9.09. The van der Waals surface area contributed by atoms with E-state index in [1.807, 2.05) is 6.07 Å². The van der Waals surface area contributed by atoms with Crippen molar-refractivity contribution < 1.29 is 5.11 Å². The van der Waals surface area contributed by atoms with E-state index in [-0.39, 0.29) is 11.4 Å². The van der Waals surface area contributed by atoms with E-state index in [4.69, 9.17) is 10.4 Å². The van der Waals surface area contributed by atoms with Gasteiger partial charge in [-0.3, -0.25) is 0 Å². The molecule has 1 unspecified atom stereocenters. The van der Waals surface area contributed by atoms with Gasteiger partial charge in [-0.2, -0.15) is 5.26 Å². The molecule has 40 valence electrons. The molecule has 0 saturated carbocycles. The molecule has 0 rings (SSSR count). The molecule has 1 atom stereocenters. The van der Waals surface area contributed by atoms with E-state index < -0.39 is 0 Å². The lowest BCUT2D eigenvalue weighted by molar-refractivity contribution is 0.297. The molecule has 0 heterocycles. The minimum atomic E-state index is -0.0440. The average Bonchev–Trinajstić information content (AvgIpc) is 1.68. The molecule has 0 saturated heterocycles. The summed E-state index contributed by atoms with van der Waals surface area (Å²) in [7, 11) is 0. The number of alkyl halides is 1. The first-order valence-electron chi connectivity index (χ1n) is 1.93. The molecule has 0 aromatic rings. The molecule has 0 aliphatic rings. The Hall–Kier alpha value is -0.0700. The molecule has 0 spiro atoms. The summed E-state index contributed by atoms with van der Waals surface area (Å²) in [5, 5.41) is 16.2. The molecule has 0 bridgehead atoms. The summed E-state index contributed by atoms with van der Waals surface area (Å²) >= 11 is 3.06. The van der Waals surface area contributed by atoms with Crippen LogP contribution < -0.4 is 0 Å². The molecule has 7 heavy (non-hydrogen) atoms. The van der Waals surface area contributed by atoms with Gasteiger partial charge in [0.2, 0.25) is 0 Å². The molecule has 0 radical (unpaired) electrons. The van der Waals surface area contributed by atoms with E-state index in [0.29, 0.717) is 6.42 Å². The fourth-order valence-corrected chi connectivity index (χ4v) is 0.308. The third-order valence-corrected chi connectivity index (χ3v) is 1.12. The van der Waals surface area contributed by atoms with Gasteiger partial charge in [-0.1, -0.05) is 15.9 Å². The van der Waals surface area contributed by atoms with Crippen molar-refractivity contribution in [1.82, 2.24) is 0 Å². The van der Waals surface area contributed by atoms with E-state index in [1.54, 1.807) is 0 Å². The largest absolute Gasteiger partial charge is 0.395 e. The SMILES string of the molecule is N#CCC(Br)CO. The minimum Gasteiger partial charge on any atom is -0.395 e. The molecule has 0 amide bonds. The van der Waals surface area contributed by atoms with Gasteiger partial charge >= 0.3 is 0 Å². The zero-order valence-electron chi connectivity index (χ0n) is 3.76. The van der Waals surface area contributed by atoms with Gasteiger partial charge in [-0.15, -0.1) is 0 Å². The zero-order valence-corrected chi connectivity index (χ0v) is 5.35.